The topological polar surface area (TPSA) is 113 Å². The van der Waals surface area contributed by atoms with Crippen LogP contribution in [-0.2, 0) is 10.0 Å². The van der Waals surface area contributed by atoms with E-state index in [-0.39, 0.29) is 28.6 Å². The van der Waals surface area contributed by atoms with Crippen molar-refractivity contribution in [1.82, 2.24) is 9.62 Å². The molecule has 1 aliphatic rings. The Hall–Kier alpha value is -2.69. The molecule has 1 amide bonds. The van der Waals surface area contributed by atoms with Gasteiger partial charge in [-0.15, -0.1) is 0 Å². The van der Waals surface area contributed by atoms with Gasteiger partial charge in [-0.25, -0.2) is 8.42 Å². The van der Waals surface area contributed by atoms with Crippen LogP contribution < -0.4 is 10.2 Å². The predicted octanol–water partition coefficient (Wildman–Crippen LogP) is 2.13. The van der Waals surface area contributed by atoms with Gasteiger partial charge >= 0.3 is 0 Å². The number of piperazine rings is 1. The minimum atomic E-state index is -3.53. The van der Waals surface area contributed by atoms with Crippen LogP contribution in [0.3, 0.4) is 0 Å². The Balaban J connectivity index is 1.51. The number of para-hydroxylation sites is 1. The number of nitro groups is 1. The Morgan fingerprint density at radius 2 is 1.77 bits per heavy atom. The quantitative estimate of drug-likeness (QED) is 0.508. The molecule has 0 unspecified atom stereocenters. The van der Waals surface area contributed by atoms with Crippen LogP contribution in [0.1, 0.15) is 10.4 Å². The van der Waals surface area contributed by atoms with Crippen LogP contribution in [0.5, 0.6) is 0 Å². The molecule has 0 aromatic heterocycles. The van der Waals surface area contributed by atoms with Crippen molar-refractivity contribution in [3.05, 3.63) is 69.2 Å². The summed E-state index contributed by atoms with van der Waals surface area (Å²) in [5.74, 6) is -0.849. The van der Waals surface area contributed by atoms with Gasteiger partial charge in [0.15, 0.2) is 0 Å². The molecule has 1 heterocycles. The van der Waals surface area contributed by atoms with Gasteiger partial charge in [0.05, 0.1) is 10.7 Å². The Bertz CT molecular complexity index is 1020. The normalized spacial score (nSPS) is 15.0. The van der Waals surface area contributed by atoms with Crippen LogP contribution in [-0.4, -0.2) is 62.0 Å². The smallest absolute Gasteiger partial charge is 0.288 e. The predicted molar refractivity (Wildman–Crippen MR) is 114 cm³/mol. The molecule has 2 aromatic carbocycles. The summed E-state index contributed by atoms with van der Waals surface area (Å²) in [6.07, 6.45) is 0. The van der Waals surface area contributed by atoms with Crippen LogP contribution >= 0.6 is 11.6 Å². The third-order valence-corrected chi connectivity index (χ3v) is 7.00. The lowest BCUT2D eigenvalue weighted by atomic mass is 10.2. The van der Waals surface area contributed by atoms with E-state index in [2.05, 4.69) is 10.2 Å². The molecule has 11 heteroatoms. The molecule has 0 bridgehead atoms. The second-order valence-corrected chi connectivity index (χ2v) is 9.21. The molecule has 0 aliphatic carbocycles. The highest BCUT2D eigenvalue weighted by molar-refractivity contribution is 7.89. The minimum Gasteiger partial charge on any atom is -0.369 e. The van der Waals surface area contributed by atoms with Gasteiger partial charge in [-0.2, -0.15) is 4.31 Å². The lowest BCUT2D eigenvalue weighted by molar-refractivity contribution is -0.384. The average molecular weight is 453 g/mol. The number of anilines is 1. The number of hydrogen-bond donors (Lipinski definition) is 1. The van der Waals surface area contributed by atoms with Gasteiger partial charge in [0.1, 0.15) is 5.02 Å². The fourth-order valence-electron chi connectivity index (χ4n) is 3.18. The molecule has 2 aromatic rings. The summed E-state index contributed by atoms with van der Waals surface area (Å²) in [7, 11) is -3.53. The first kappa shape index (κ1) is 22.0. The van der Waals surface area contributed by atoms with Crippen molar-refractivity contribution in [2.45, 2.75) is 0 Å². The number of amides is 1. The third kappa shape index (κ3) is 5.26. The number of nitro benzene ring substituents is 1. The minimum absolute atomic E-state index is 0.0416. The summed E-state index contributed by atoms with van der Waals surface area (Å²) in [6, 6.07) is 13.5. The van der Waals surface area contributed by atoms with E-state index in [0.29, 0.717) is 26.2 Å². The summed E-state index contributed by atoms with van der Waals surface area (Å²) in [4.78, 5) is 24.6. The SMILES string of the molecule is O=C(NCCS(=O)(=O)N1CCN(c2ccccc2)CC1)c1ccc(Cl)c([N+](=O)[O-])c1. The molecule has 1 aliphatic heterocycles. The number of benzene rings is 2. The highest BCUT2D eigenvalue weighted by Crippen LogP contribution is 2.25. The van der Waals surface area contributed by atoms with Crippen molar-refractivity contribution in [3.63, 3.8) is 0 Å². The molecular weight excluding hydrogens is 432 g/mol. The number of carbonyl (C=O) groups is 1. The van der Waals surface area contributed by atoms with Crippen LogP contribution in [0.25, 0.3) is 0 Å². The third-order valence-electron chi connectivity index (χ3n) is 4.80. The first-order valence-corrected chi connectivity index (χ1v) is 11.3. The monoisotopic (exact) mass is 452 g/mol. The van der Waals surface area contributed by atoms with Crippen molar-refractivity contribution in [3.8, 4) is 0 Å². The van der Waals surface area contributed by atoms with E-state index in [9.17, 15) is 23.3 Å². The standard InChI is InChI=1S/C19H21ClN4O5S/c20-17-7-6-15(14-18(17)24(26)27)19(25)21-8-13-30(28,29)23-11-9-22(10-12-23)16-4-2-1-3-5-16/h1-7,14H,8-13H2,(H,21,25). The maximum absolute atomic E-state index is 12.6. The summed E-state index contributed by atoms with van der Waals surface area (Å²) in [5, 5.41) is 13.4. The summed E-state index contributed by atoms with van der Waals surface area (Å²) in [6.45, 7) is 1.81. The lowest BCUT2D eigenvalue weighted by Crippen LogP contribution is -2.50. The maximum atomic E-state index is 12.6. The Morgan fingerprint density at radius 3 is 2.40 bits per heavy atom. The number of halogens is 1. The Labute approximate surface area is 179 Å². The van der Waals surface area contributed by atoms with Crippen LogP contribution in [0, 0.1) is 10.1 Å². The highest BCUT2D eigenvalue weighted by atomic mass is 35.5. The van der Waals surface area contributed by atoms with Crippen LogP contribution in [0.15, 0.2) is 48.5 Å². The van der Waals surface area contributed by atoms with Crippen molar-refractivity contribution in [1.29, 1.82) is 0 Å². The zero-order valence-corrected chi connectivity index (χ0v) is 17.6. The molecule has 9 nitrogen and oxygen atoms in total. The largest absolute Gasteiger partial charge is 0.369 e. The van der Waals surface area contributed by atoms with Crippen LogP contribution in [0.4, 0.5) is 11.4 Å². The van der Waals surface area contributed by atoms with Gasteiger partial charge in [0, 0.05) is 50.0 Å². The number of sulfonamides is 1. The van der Waals surface area contributed by atoms with E-state index in [1.807, 2.05) is 30.3 Å². The van der Waals surface area contributed by atoms with Crippen LogP contribution in [0.2, 0.25) is 5.02 Å². The lowest BCUT2D eigenvalue weighted by Gasteiger charge is -2.35. The average Bonchev–Trinajstić information content (AvgIpc) is 2.74. The molecule has 0 radical (unpaired) electrons. The van der Waals surface area contributed by atoms with Crippen molar-refractivity contribution in [2.75, 3.05) is 43.4 Å². The van der Waals surface area contributed by atoms with Crippen molar-refractivity contribution < 1.29 is 18.1 Å². The number of hydrogen-bond acceptors (Lipinski definition) is 6. The van der Waals surface area contributed by atoms with Gasteiger partial charge in [-0.05, 0) is 24.3 Å². The van der Waals surface area contributed by atoms with E-state index in [4.69, 9.17) is 11.6 Å². The first-order valence-electron chi connectivity index (χ1n) is 9.28. The van der Waals surface area contributed by atoms with E-state index < -0.39 is 20.9 Å². The molecule has 3 rings (SSSR count). The van der Waals surface area contributed by atoms with E-state index >= 15 is 0 Å². The number of rotatable bonds is 7. The summed E-state index contributed by atoms with van der Waals surface area (Å²) < 4.78 is 26.6. The summed E-state index contributed by atoms with van der Waals surface area (Å²) >= 11 is 5.73. The maximum Gasteiger partial charge on any atom is 0.288 e. The molecule has 30 heavy (non-hydrogen) atoms. The highest BCUT2D eigenvalue weighted by Gasteiger charge is 2.27. The molecular formula is C19H21ClN4O5S. The second-order valence-electron chi connectivity index (χ2n) is 6.72. The fourth-order valence-corrected chi connectivity index (χ4v) is 4.71. The molecule has 0 saturated carbocycles. The second kappa shape index (κ2) is 9.41. The number of nitrogens with zero attached hydrogens (tertiary/aromatic N) is 3. The fraction of sp³-hybridized carbons (Fsp3) is 0.316. The van der Waals surface area contributed by atoms with Gasteiger partial charge in [0.2, 0.25) is 10.0 Å². The first-order chi connectivity index (χ1) is 14.3. The number of nitrogens with one attached hydrogen (secondary N) is 1. The van der Waals surface area contributed by atoms with E-state index in [1.165, 1.54) is 16.4 Å². The molecule has 1 saturated heterocycles. The van der Waals surface area contributed by atoms with E-state index in [0.717, 1.165) is 11.8 Å². The molecule has 0 spiro atoms. The van der Waals surface area contributed by atoms with Crippen molar-refractivity contribution >= 4 is 38.9 Å². The van der Waals surface area contributed by atoms with Gasteiger partial charge < -0.3 is 10.2 Å². The molecule has 1 fully saturated rings. The summed E-state index contributed by atoms with van der Waals surface area (Å²) in [5.41, 5.74) is 0.715. The molecule has 0 atom stereocenters. The van der Waals surface area contributed by atoms with Gasteiger partial charge in [0.25, 0.3) is 11.6 Å². The van der Waals surface area contributed by atoms with Crippen molar-refractivity contribution in [2.24, 2.45) is 0 Å². The molecule has 1 N–H and O–H groups in total. The van der Waals surface area contributed by atoms with E-state index in [1.54, 1.807) is 0 Å². The zero-order chi connectivity index (χ0) is 21.7. The van der Waals surface area contributed by atoms with Gasteiger partial charge in [-0.1, -0.05) is 29.8 Å². The zero-order valence-electron chi connectivity index (χ0n) is 16.0. The Kier molecular flexibility index (Phi) is 6.91. The van der Waals surface area contributed by atoms with Gasteiger partial charge in [-0.3, -0.25) is 14.9 Å². The number of carbonyl (C=O) groups excluding carboxylic acids is 1. The molecule has 160 valence electrons. The Morgan fingerprint density at radius 1 is 1.10 bits per heavy atom.